The standard InChI is InChI=1S/C11H15BrN2O2S/c1-2-17(16)6-5-14-11(15)8-3-4-10(13)9(12)7-8/h3-4,7H,2,5-6,13H2,1H3,(H,14,15). The van der Waals surface area contributed by atoms with Gasteiger partial charge in [-0.1, -0.05) is 6.92 Å². The summed E-state index contributed by atoms with van der Waals surface area (Å²) >= 11 is 3.26. The molecule has 94 valence electrons. The van der Waals surface area contributed by atoms with Crippen molar-refractivity contribution in [3.63, 3.8) is 0 Å². The molecule has 0 bridgehead atoms. The Morgan fingerprint density at radius 1 is 1.53 bits per heavy atom. The highest BCUT2D eigenvalue weighted by molar-refractivity contribution is 9.10. The van der Waals surface area contributed by atoms with Gasteiger partial charge >= 0.3 is 0 Å². The predicted molar refractivity (Wildman–Crippen MR) is 74.4 cm³/mol. The molecular weight excluding hydrogens is 304 g/mol. The van der Waals surface area contributed by atoms with Crippen molar-refractivity contribution in [2.45, 2.75) is 6.92 Å². The average molecular weight is 319 g/mol. The van der Waals surface area contributed by atoms with Gasteiger partial charge in [0, 0.05) is 44.6 Å². The number of nitrogens with two attached hydrogens (primary N) is 1. The van der Waals surface area contributed by atoms with Crippen molar-refractivity contribution in [2.24, 2.45) is 0 Å². The van der Waals surface area contributed by atoms with Crippen LogP contribution in [0.25, 0.3) is 0 Å². The second-order valence-corrected chi connectivity index (χ2v) is 6.14. The van der Waals surface area contributed by atoms with Crippen molar-refractivity contribution in [1.29, 1.82) is 0 Å². The Labute approximate surface area is 112 Å². The Balaban J connectivity index is 2.52. The summed E-state index contributed by atoms with van der Waals surface area (Å²) in [6.07, 6.45) is 0. The first-order chi connectivity index (χ1) is 8.04. The third-order valence-electron chi connectivity index (χ3n) is 2.20. The monoisotopic (exact) mass is 318 g/mol. The van der Waals surface area contributed by atoms with E-state index in [1.165, 1.54) is 0 Å². The summed E-state index contributed by atoms with van der Waals surface area (Å²) in [5.74, 6) is 0.917. The third-order valence-corrected chi connectivity index (χ3v) is 4.19. The lowest BCUT2D eigenvalue weighted by Crippen LogP contribution is -2.28. The van der Waals surface area contributed by atoms with Crippen molar-refractivity contribution in [3.05, 3.63) is 28.2 Å². The Bertz CT molecular complexity index is 437. The number of halogens is 1. The topological polar surface area (TPSA) is 72.2 Å². The molecule has 1 atom stereocenters. The Morgan fingerprint density at radius 3 is 2.82 bits per heavy atom. The molecule has 0 aliphatic carbocycles. The van der Waals surface area contributed by atoms with E-state index in [4.69, 9.17) is 5.73 Å². The number of carbonyl (C=O) groups is 1. The van der Waals surface area contributed by atoms with Crippen LogP contribution in [0.2, 0.25) is 0 Å². The van der Waals surface area contributed by atoms with Crippen molar-refractivity contribution >= 4 is 38.3 Å². The highest BCUT2D eigenvalue weighted by atomic mass is 79.9. The molecule has 0 saturated carbocycles. The van der Waals surface area contributed by atoms with Gasteiger partial charge < -0.3 is 11.1 Å². The van der Waals surface area contributed by atoms with E-state index in [0.29, 0.717) is 33.8 Å². The molecule has 1 rings (SSSR count). The summed E-state index contributed by atoms with van der Waals surface area (Å²) in [6, 6.07) is 5.00. The summed E-state index contributed by atoms with van der Waals surface area (Å²) in [6.45, 7) is 2.27. The lowest BCUT2D eigenvalue weighted by atomic mass is 10.2. The molecule has 0 saturated heterocycles. The minimum atomic E-state index is -0.852. The minimum absolute atomic E-state index is 0.182. The molecule has 1 aromatic rings. The number of nitrogens with one attached hydrogen (secondary N) is 1. The molecular formula is C11H15BrN2O2S. The lowest BCUT2D eigenvalue weighted by Gasteiger charge is -2.06. The lowest BCUT2D eigenvalue weighted by molar-refractivity contribution is 0.0956. The van der Waals surface area contributed by atoms with Crippen LogP contribution in [0.15, 0.2) is 22.7 Å². The zero-order valence-corrected chi connectivity index (χ0v) is 11.9. The molecule has 0 heterocycles. The summed E-state index contributed by atoms with van der Waals surface area (Å²) in [5.41, 5.74) is 6.75. The minimum Gasteiger partial charge on any atom is -0.398 e. The SMILES string of the molecule is CCS(=O)CCNC(=O)c1ccc(N)c(Br)c1. The van der Waals surface area contributed by atoms with Gasteiger partial charge in [-0.05, 0) is 34.1 Å². The Kier molecular flexibility index (Phi) is 5.64. The van der Waals surface area contributed by atoms with Crippen LogP contribution in [0, 0.1) is 0 Å². The summed E-state index contributed by atoms with van der Waals surface area (Å²) in [4.78, 5) is 11.7. The van der Waals surface area contributed by atoms with E-state index in [0.717, 1.165) is 0 Å². The molecule has 3 N–H and O–H groups in total. The number of rotatable bonds is 5. The van der Waals surface area contributed by atoms with Crippen LogP contribution in [0.1, 0.15) is 17.3 Å². The van der Waals surface area contributed by atoms with Crippen LogP contribution < -0.4 is 11.1 Å². The van der Waals surface area contributed by atoms with E-state index in [-0.39, 0.29) is 5.91 Å². The highest BCUT2D eigenvalue weighted by Gasteiger charge is 2.07. The fraction of sp³-hybridized carbons (Fsp3) is 0.364. The van der Waals surface area contributed by atoms with Crippen LogP contribution in [0.4, 0.5) is 5.69 Å². The van der Waals surface area contributed by atoms with E-state index in [2.05, 4.69) is 21.2 Å². The van der Waals surface area contributed by atoms with Gasteiger partial charge in [-0.15, -0.1) is 0 Å². The first-order valence-corrected chi connectivity index (χ1v) is 7.51. The van der Waals surface area contributed by atoms with E-state index in [9.17, 15) is 9.00 Å². The number of carbonyl (C=O) groups excluding carboxylic acids is 1. The Hall–Kier alpha value is -0.880. The van der Waals surface area contributed by atoms with Crippen LogP contribution in [-0.4, -0.2) is 28.2 Å². The van der Waals surface area contributed by atoms with E-state index in [1.807, 2.05) is 6.92 Å². The number of nitrogen functional groups attached to an aromatic ring is 1. The maximum absolute atomic E-state index is 11.7. The van der Waals surface area contributed by atoms with Gasteiger partial charge in [0.05, 0.1) is 0 Å². The fourth-order valence-electron chi connectivity index (χ4n) is 1.19. The Morgan fingerprint density at radius 2 is 2.24 bits per heavy atom. The zero-order chi connectivity index (χ0) is 12.8. The molecule has 0 aliphatic heterocycles. The predicted octanol–water partition coefficient (Wildman–Crippen LogP) is 1.53. The van der Waals surface area contributed by atoms with E-state index in [1.54, 1.807) is 18.2 Å². The first-order valence-electron chi connectivity index (χ1n) is 5.22. The largest absolute Gasteiger partial charge is 0.398 e. The van der Waals surface area contributed by atoms with Gasteiger partial charge in [-0.25, -0.2) is 0 Å². The molecule has 1 amide bonds. The molecule has 0 radical (unpaired) electrons. The number of hydrogen-bond donors (Lipinski definition) is 2. The van der Waals surface area contributed by atoms with Crippen LogP contribution >= 0.6 is 15.9 Å². The molecule has 1 unspecified atom stereocenters. The maximum atomic E-state index is 11.7. The van der Waals surface area contributed by atoms with Crippen molar-refractivity contribution in [2.75, 3.05) is 23.8 Å². The molecule has 0 fully saturated rings. The second kappa shape index (κ2) is 6.76. The molecule has 0 aliphatic rings. The number of benzene rings is 1. The molecule has 17 heavy (non-hydrogen) atoms. The van der Waals surface area contributed by atoms with Crippen molar-refractivity contribution in [3.8, 4) is 0 Å². The van der Waals surface area contributed by atoms with E-state index >= 15 is 0 Å². The van der Waals surface area contributed by atoms with Crippen LogP contribution in [0.5, 0.6) is 0 Å². The van der Waals surface area contributed by atoms with Gasteiger partial charge in [0.15, 0.2) is 0 Å². The number of anilines is 1. The normalized spacial score (nSPS) is 12.1. The summed E-state index contributed by atoms with van der Waals surface area (Å²) < 4.78 is 11.9. The van der Waals surface area contributed by atoms with Gasteiger partial charge in [0.25, 0.3) is 5.91 Å². The second-order valence-electron chi connectivity index (χ2n) is 3.42. The maximum Gasteiger partial charge on any atom is 0.251 e. The smallest absolute Gasteiger partial charge is 0.251 e. The molecule has 6 heteroatoms. The molecule has 1 aromatic carbocycles. The van der Waals surface area contributed by atoms with E-state index < -0.39 is 10.8 Å². The quantitative estimate of drug-likeness (QED) is 0.809. The van der Waals surface area contributed by atoms with Crippen molar-refractivity contribution < 1.29 is 9.00 Å². The van der Waals surface area contributed by atoms with Gasteiger partial charge in [0.2, 0.25) is 0 Å². The fourth-order valence-corrected chi connectivity index (χ4v) is 2.19. The van der Waals surface area contributed by atoms with Gasteiger partial charge in [0.1, 0.15) is 0 Å². The summed E-state index contributed by atoms with van der Waals surface area (Å²) in [5, 5.41) is 2.72. The van der Waals surface area contributed by atoms with Crippen LogP contribution in [0.3, 0.4) is 0 Å². The highest BCUT2D eigenvalue weighted by Crippen LogP contribution is 2.20. The average Bonchev–Trinajstić information content (AvgIpc) is 2.32. The molecule has 0 aromatic heterocycles. The number of hydrogen-bond acceptors (Lipinski definition) is 3. The third kappa shape index (κ3) is 4.47. The van der Waals surface area contributed by atoms with Crippen LogP contribution in [-0.2, 0) is 10.8 Å². The molecule has 0 spiro atoms. The van der Waals surface area contributed by atoms with Crippen molar-refractivity contribution in [1.82, 2.24) is 5.32 Å². The zero-order valence-electron chi connectivity index (χ0n) is 9.53. The summed E-state index contributed by atoms with van der Waals surface area (Å²) in [7, 11) is -0.852. The molecule has 4 nitrogen and oxygen atoms in total. The first kappa shape index (κ1) is 14.2. The van der Waals surface area contributed by atoms with Gasteiger partial charge in [-0.3, -0.25) is 9.00 Å². The number of amides is 1. The van der Waals surface area contributed by atoms with Gasteiger partial charge in [-0.2, -0.15) is 0 Å².